The van der Waals surface area contributed by atoms with Crippen LogP contribution in [0.2, 0.25) is 0 Å². The van der Waals surface area contributed by atoms with Crippen molar-refractivity contribution in [2.24, 2.45) is 0 Å². The van der Waals surface area contributed by atoms with Gasteiger partial charge in [0.05, 0.1) is 20.3 Å². The quantitative estimate of drug-likeness (QED) is 0.539. The second-order valence-electron chi connectivity index (χ2n) is 7.77. The van der Waals surface area contributed by atoms with Crippen LogP contribution < -0.4 is 9.47 Å². The maximum Gasteiger partial charge on any atom is 0.166 e. The first-order valence-electron chi connectivity index (χ1n) is 9.99. The number of hydrogen-bond donors (Lipinski definition) is 2. The molecule has 2 aromatic carbocycles. The molecule has 0 saturated heterocycles. The third kappa shape index (κ3) is 2.84. The van der Waals surface area contributed by atoms with Crippen molar-refractivity contribution in [2.45, 2.75) is 25.8 Å². The molecule has 0 saturated carbocycles. The van der Waals surface area contributed by atoms with Crippen LogP contribution in [0.1, 0.15) is 41.6 Å². The highest BCUT2D eigenvalue weighted by atomic mass is 16.5. The van der Waals surface area contributed by atoms with E-state index in [1.165, 1.54) is 0 Å². The predicted molar refractivity (Wildman–Crippen MR) is 119 cm³/mol. The normalized spacial score (nSPS) is 17.0. The standard InChI is InChI=1S/C25H27NO4/c1-6-7-17-16-8-9-21(29-4)25(30-5)22(16)23(14(2)3)26-11-10-15-12-19(27)20(28)13-18(15)24(17)26/h6,8-9,12-13,23,27-28H,1-2,7,10-11H2,3-5H3. The zero-order valence-corrected chi connectivity index (χ0v) is 17.7. The number of hydrogen-bond acceptors (Lipinski definition) is 5. The third-order valence-electron chi connectivity index (χ3n) is 5.96. The SMILES string of the molecule is C=CCC1=C2c3cc(O)c(O)cc3CCN2C(C(=C)C)c2c1ccc(OC)c2OC. The van der Waals surface area contributed by atoms with Crippen LogP contribution in [0.3, 0.4) is 0 Å². The maximum atomic E-state index is 10.2. The van der Waals surface area contributed by atoms with Crippen molar-refractivity contribution in [3.8, 4) is 23.0 Å². The third-order valence-corrected chi connectivity index (χ3v) is 5.96. The molecule has 4 rings (SSSR count). The lowest BCUT2D eigenvalue weighted by atomic mass is 9.79. The Hall–Kier alpha value is -3.34. The minimum Gasteiger partial charge on any atom is -0.504 e. The summed E-state index contributed by atoms with van der Waals surface area (Å²) in [6, 6.07) is 7.21. The van der Waals surface area contributed by atoms with E-state index in [4.69, 9.17) is 9.47 Å². The van der Waals surface area contributed by atoms with E-state index < -0.39 is 0 Å². The molecule has 0 fully saturated rings. The number of ether oxygens (including phenoxy) is 2. The van der Waals surface area contributed by atoms with Crippen molar-refractivity contribution in [3.05, 3.63) is 71.3 Å². The lowest BCUT2D eigenvalue weighted by molar-refractivity contribution is 0.301. The molecule has 0 bridgehead atoms. The molecular formula is C25H27NO4. The second-order valence-corrected chi connectivity index (χ2v) is 7.77. The predicted octanol–water partition coefficient (Wildman–Crippen LogP) is 5.05. The van der Waals surface area contributed by atoms with Crippen molar-refractivity contribution in [1.29, 1.82) is 0 Å². The van der Waals surface area contributed by atoms with Gasteiger partial charge in [0.2, 0.25) is 0 Å². The minimum absolute atomic E-state index is 0.0906. The first-order valence-corrected chi connectivity index (χ1v) is 9.99. The van der Waals surface area contributed by atoms with Gasteiger partial charge < -0.3 is 24.6 Å². The summed E-state index contributed by atoms with van der Waals surface area (Å²) < 4.78 is 11.4. The van der Waals surface area contributed by atoms with Gasteiger partial charge in [0.1, 0.15) is 0 Å². The van der Waals surface area contributed by atoms with E-state index in [1.807, 2.05) is 19.1 Å². The number of methoxy groups -OCH3 is 2. The lowest BCUT2D eigenvalue weighted by Gasteiger charge is -2.46. The topological polar surface area (TPSA) is 62.2 Å². The first-order chi connectivity index (χ1) is 14.4. The molecule has 2 aromatic rings. The summed E-state index contributed by atoms with van der Waals surface area (Å²) in [6.07, 6.45) is 3.29. The molecule has 0 spiro atoms. The molecule has 5 nitrogen and oxygen atoms in total. The summed E-state index contributed by atoms with van der Waals surface area (Å²) in [5, 5.41) is 20.3. The molecule has 0 aliphatic carbocycles. The molecule has 156 valence electrons. The summed E-state index contributed by atoms with van der Waals surface area (Å²) in [5.74, 6) is 1.19. The minimum atomic E-state index is -0.119. The molecule has 2 heterocycles. The van der Waals surface area contributed by atoms with Crippen molar-refractivity contribution < 1.29 is 19.7 Å². The van der Waals surface area contributed by atoms with Crippen molar-refractivity contribution >= 4 is 11.3 Å². The highest BCUT2D eigenvalue weighted by Gasteiger charge is 2.39. The van der Waals surface area contributed by atoms with Crippen LogP contribution in [-0.2, 0) is 6.42 Å². The van der Waals surface area contributed by atoms with Gasteiger partial charge in [0, 0.05) is 23.4 Å². The fourth-order valence-electron chi connectivity index (χ4n) is 4.78. The Morgan fingerprint density at radius 1 is 1.17 bits per heavy atom. The van der Waals surface area contributed by atoms with Gasteiger partial charge in [-0.15, -0.1) is 6.58 Å². The number of phenolic OH excluding ortho intramolecular Hbond substituents is 2. The maximum absolute atomic E-state index is 10.2. The van der Waals surface area contributed by atoms with Crippen LogP contribution in [0.4, 0.5) is 0 Å². The van der Waals surface area contributed by atoms with Gasteiger partial charge in [-0.25, -0.2) is 0 Å². The van der Waals surface area contributed by atoms with Crippen molar-refractivity contribution in [3.63, 3.8) is 0 Å². The number of phenols is 2. The fourth-order valence-corrected chi connectivity index (χ4v) is 4.78. The molecule has 0 amide bonds. The number of benzene rings is 2. The monoisotopic (exact) mass is 405 g/mol. The molecule has 1 atom stereocenters. The number of nitrogens with zero attached hydrogens (tertiary/aromatic N) is 1. The Kier molecular flexibility index (Phi) is 4.98. The lowest BCUT2D eigenvalue weighted by Crippen LogP contribution is -2.37. The Balaban J connectivity index is 2.11. The Morgan fingerprint density at radius 2 is 1.90 bits per heavy atom. The van der Waals surface area contributed by atoms with Crippen LogP contribution in [-0.4, -0.2) is 35.9 Å². The van der Waals surface area contributed by atoms with Crippen molar-refractivity contribution in [2.75, 3.05) is 20.8 Å². The summed E-state index contributed by atoms with van der Waals surface area (Å²) in [6.45, 7) is 11.0. The molecule has 2 aliphatic rings. The molecular weight excluding hydrogens is 378 g/mol. The summed E-state index contributed by atoms with van der Waals surface area (Å²) >= 11 is 0. The smallest absolute Gasteiger partial charge is 0.166 e. The van der Waals surface area contributed by atoms with Gasteiger partial charge in [-0.05, 0) is 54.7 Å². The zero-order valence-electron chi connectivity index (χ0n) is 17.7. The highest BCUT2D eigenvalue weighted by Crippen LogP contribution is 2.54. The van der Waals surface area contributed by atoms with E-state index >= 15 is 0 Å². The average Bonchev–Trinajstić information content (AvgIpc) is 2.73. The summed E-state index contributed by atoms with van der Waals surface area (Å²) in [5.41, 5.74) is 7.18. The number of aromatic hydroxyl groups is 2. The van der Waals surface area contributed by atoms with E-state index in [0.29, 0.717) is 17.9 Å². The first kappa shape index (κ1) is 20.0. The number of allylic oxidation sites excluding steroid dienone is 2. The number of rotatable bonds is 5. The van der Waals surface area contributed by atoms with Crippen LogP contribution in [0.5, 0.6) is 23.0 Å². The molecule has 30 heavy (non-hydrogen) atoms. The van der Waals surface area contributed by atoms with Gasteiger partial charge in [-0.2, -0.15) is 0 Å². The Morgan fingerprint density at radius 3 is 2.53 bits per heavy atom. The van der Waals surface area contributed by atoms with Gasteiger partial charge in [0.25, 0.3) is 0 Å². The Labute approximate surface area is 177 Å². The van der Waals surface area contributed by atoms with Gasteiger partial charge in [-0.3, -0.25) is 0 Å². The van der Waals surface area contributed by atoms with Gasteiger partial charge >= 0.3 is 0 Å². The zero-order chi connectivity index (χ0) is 21.6. The highest BCUT2D eigenvalue weighted by molar-refractivity contribution is 5.96. The Bertz CT molecular complexity index is 1080. The van der Waals surface area contributed by atoms with Crippen LogP contribution in [0.15, 0.2) is 49.1 Å². The molecule has 0 radical (unpaired) electrons. The second kappa shape index (κ2) is 7.48. The largest absolute Gasteiger partial charge is 0.504 e. The van der Waals surface area contributed by atoms with E-state index in [1.54, 1.807) is 26.4 Å². The molecule has 1 unspecified atom stereocenters. The molecule has 5 heteroatoms. The molecule has 2 aliphatic heterocycles. The van der Waals surface area contributed by atoms with Gasteiger partial charge in [-0.1, -0.05) is 24.3 Å². The summed E-state index contributed by atoms with van der Waals surface area (Å²) in [4.78, 5) is 2.32. The average molecular weight is 405 g/mol. The van der Waals surface area contributed by atoms with Crippen molar-refractivity contribution in [1.82, 2.24) is 4.90 Å². The fraction of sp³-hybridized carbons (Fsp3) is 0.280. The van der Waals surface area contributed by atoms with Crippen LogP contribution >= 0.6 is 0 Å². The van der Waals surface area contributed by atoms with E-state index in [-0.39, 0.29) is 17.5 Å². The van der Waals surface area contributed by atoms with Crippen LogP contribution in [0, 0.1) is 0 Å². The summed E-state index contributed by atoms with van der Waals surface area (Å²) in [7, 11) is 3.30. The van der Waals surface area contributed by atoms with E-state index in [2.05, 4.69) is 24.1 Å². The van der Waals surface area contributed by atoms with E-state index in [9.17, 15) is 10.2 Å². The van der Waals surface area contributed by atoms with Gasteiger partial charge in [0.15, 0.2) is 23.0 Å². The van der Waals surface area contributed by atoms with Crippen LogP contribution in [0.25, 0.3) is 11.3 Å². The molecule has 2 N–H and O–H groups in total. The van der Waals surface area contributed by atoms with E-state index in [0.717, 1.165) is 52.1 Å². The number of fused-ring (bicyclic) bond motifs is 4. The molecule has 0 aromatic heterocycles.